The molecule has 0 amide bonds. The van der Waals surface area contributed by atoms with E-state index in [4.69, 9.17) is 35.3 Å². The molecule has 0 fully saturated rings. The van der Waals surface area contributed by atoms with Crippen molar-refractivity contribution in [2.45, 2.75) is 0 Å². The van der Waals surface area contributed by atoms with Gasteiger partial charge < -0.3 is 23.7 Å². The molecule has 0 spiro atoms. The zero-order chi connectivity index (χ0) is 23.0. The maximum absolute atomic E-state index is 12.6. The van der Waals surface area contributed by atoms with Gasteiger partial charge in [-0.3, -0.25) is 9.52 Å². The Morgan fingerprint density at radius 3 is 2.06 bits per heavy atom. The van der Waals surface area contributed by atoms with Gasteiger partial charge in [0.05, 0.1) is 45.1 Å². The van der Waals surface area contributed by atoms with Crippen molar-refractivity contribution in [3.05, 3.63) is 41.3 Å². The van der Waals surface area contributed by atoms with Crippen LogP contribution in [-0.2, 0) is 14.8 Å². The smallest absolute Gasteiger partial charge is 0.326 e. The van der Waals surface area contributed by atoms with Crippen molar-refractivity contribution in [1.29, 1.82) is 0 Å². The van der Waals surface area contributed by atoms with Crippen LogP contribution in [0.3, 0.4) is 0 Å². The number of halogens is 1. The average molecular weight is 472 g/mol. The van der Waals surface area contributed by atoms with Crippen LogP contribution in [0.4, 0.5) is 5.69 Å². The molecule has 2 aromatic rings. The number of esters is 1. The Morgan fingerprint density at radius 2 is 1.55 bits per heavy atom. The van der Waals surface area contributed by atoms with Crippen LogP contribution in [-0.4, -0.2) is 48.7 Å². The molecule has 0 bridgehead atoms. The highest BCUT2D eigenvalue weighted by Crippen LogP contribution is 2.35. The summed E-state index contributed by atoms with van der Waals surface area (Å²) in [6, 6.07) is 7.42. The van der Waals surface area contributed by atoms with E-state index < -0.39 is 16.0 Å². The fraction of sp³-hybridized carbons (Fsp3) is 0.250. The quantitative estimate of drug-likeness (QED) is 0.319. The molecule has 2 rings (SSSR count). The molecule has 1 N–H and O–H groups in total. The number of hydrogen-bond acceptors (Lipinski definition) is 8. The lowest BCUT2D eigenvalue weighted by Crippen LogP contribution is -2.12. The zero-order valence-corrected chi connectivity index (χ0v) is 18.9. The van der Waals surface area contributed by atoms with Gasteiger partial charge in [-0.25, -0.2) is 8.42 Å². The Balaban J connectivity index is 2.33. The summed E-state index contributed by atoms with van der Waals surface area (Å²) in [6.45, 7) is 0. The van der Waals surface area contributed by atoms with Crippen molar-refractivity contribution >= 4 is 39.4 Å². The predicted molar refractivity (Wildman–Crippen MR) is 117 cm³/mol. The van der Waals surface area contributed by atoms with E-state index in [-0.39, 0.29) is 23.1 Å². The molecule has 0 heterocycles. The number of sulfonamides is 1. The summed E-state index contributed by atoms with van der Waals surface area (Å²) in [5.74, 6) is 0.403. The van der Waals surface area contributed by atoms with Crippen LogP contribution in [0.5, 0.6) is 28.7 Å². The lowest BCUT2D eigenvalue weighted by Gasteiger charge is -2.13. The maximum atomic E-state index is 12.6. The Hall–Kier alpha value is -3.11. The third-order valence-electron chi connectivity index (χ3n) is 3.92. The van der Waals surface area contributed by atoms with Crippen LogP contribution >= 0.6 is 11.6 Å². The number of carbonyl (C=O) groups is 1. The fourth-order valence-electron chi connectivity index (χ4n) is 2.52. The molecule has 11 heteroatoms. The summed E-state index contributed by atoms with van der Waals surface area (Å²) in [4.78, 5) is 11.5. The molecule has 0 aliphatic heterocycles. The summed E-state index contributed by atoms with van der Waals surface area (Å²) in [6.07, 6.45) is 1.33. The first-order valence-corrected chi connectivity index (χ1v) is 10.8. The molecule has 0 aliphatic carbocycles. The molecule has 0 unspecified atom stereocenters. The first-order chi connectivity index (χ1) is 14.8. The fourth-order valence-corrected chi connectivity index (χ4v) is 3.42. The standard InChI is InChI=1S/C20H22ClNO8S/c1-26-14-10-17(28-3)15(18(11-14)29-4)7-8-31(24,25)22-13-5-6-16(27-2)19(9-13)30-20(23)12-21/h5-11,22H,12H2,1-4H3/b8-7+. The average Bonchev–Trinajstić information content (AvgIpc) is 2.76. The second-order valence-electron chi connectivity index (χ2n) is 5.87. The van der Waals surface area contributed by atoms with Gasteiger partial charge in [0.1, 0.15) is 23.1 Å². The minimum atomic E-state index is -3.95. The first kappa shape index (κ1) is 24.2. The normalized spacial score (nSPS) is 11.1. The van der Waals surface area contributed by atoms with Gasteiger partial charge >= 0.3 is 5.97 Å². The summed E-state index contributed by atoms with van der Waals surface area (Å²) < 4.78 is 53.5. The number of methoxy groups -OCH3 is 4. The van der Waals surface area contributed by atoms with Crippen molar-refractivity contribution in [3.63, 3.8) is 0 Å². The molecule has 9 nitrogen and oxygen atoms in total. The van der Waals surface area contributed by atoms with E-state index in [0.29, 0.717) is 22.8 Å². The lowest BCUT2D eigenvalue weighted by atomic mass is 10.1. The number of alkyl halides is 1. The summed E-state index contributed by atoms with van der Waals surface area (Å²) in [7, 11) is 1.81. The largest absolute Gasteiger partial charge is 0.496 e. The number of nitrogens with one attached hydrogen (secondary N) is 1. The topological polar surface area (TPSA) is 109 Å². The Kier molecular flexibility index (Phi) is 8.40. The monoisotopic (exact) mass is 471 g/mol. The molecule has 0 aliphatic rings. The Labute approximate surface area is 185 Å². The van der Waals surface area contributed by atoms with E-state index in [1.807, 2.05) is 0 Å². The van der Waals surface area contributed by atoms with Crippen LogP contribution in [0.2, 0.25) is 0 Å². The van der Waals surface area contributed by atoms with Crippen LogP contribution in [0, 0.1) is 0 Å². The number of ether oxygens (including phenoxy) is 5. The van der Waals surface area contributed by atoms with E-state index in [0.717, 1.165) is 5.41 Å². The highest BCUT2D eigenvalue weighted by atomic mass is 35.5. The second-order valence-corrected chi connectivity index (χ2v) is 7.70. The number of benzene rings is 2. The van der Waals surface area contributed by atoms with Crippen LogP contribution in [0.15, 0.2) is 35.7 Å². The second kappa shape index (κ2) is 10.8. The van der Waals surface area contributed by atoms with E-state index in [9.17, 15) is 13.2 Å². The van der Waals surface area contributed by atoms with Crippen molar-refractivity contribution in [1.82, 2.24) is 0 Å². The lowest BCUT2D eigenvalue weighted by molar-refractivity contribution is -0.131. The van der Waals surface area contributed by atoms with Crippen molar-refractivity contribution < 1.29 is 36.9 Å². The molecular formula is C20H22ClNO8S. The minimum absolute atomic E-state index is 0.0239. The third-order valence-corrected chi connectivity index (χ3v) is 5.16. The molecule has 0 saturated heterocycles. The maximum Gasteiger partial charge on any atom is 0.326 e. The highest BCUT2D eigenvalue weighted by molar-refractivity contribution is 7.95. The summed E-state index contributed by atoms with van der Waals surface area (Å²) in [5, 5.41) is 0.953. The molecule has 0 atom stereocenters. The van der Waals surface area contributed by atoms with Gasteiger partial charge in [-0.2, -0.15) is 0 Å². The Bertz CT molecular complexity index is 1040. The number of carbonyl (C=O) groups excluding carboxylic acids is 1. The van der Waals surface area contributed by atoms with E-state index in [1.54, 1.807) is 12.1 Å². The predicted octanol–water partition coefficient (Wildman–Crippen LogP) is 3.28. The molecule has 0 radical (unpaired) electrons. The van der Waals surface area contributed by atoms with Gasteiger partial charge in [0.25, 0.3) is 10.0 Å². The third kappa shape index (κ3) is 6.43. The summed E-state index contributed by atoms with van der Waals surface area (Å²) >= 11 is 5.45. The van der Waals surface area contributed by atoms with Gasteiger partial charge in [0.2, 0.25) is 0 Å². The van der Waals surface area contributed by atoms with Gasteiger partial charge in [-0.15, -0.1) is 11.6 Å². The van der Waals surface area contributed by atoms with Gasteiger partial charge in [-0.1, -0.05) is 0 Å². The number of rotatable bonds is 10. The van der Waals surface area contributed by atoms with Gasteiger partial charge in [0.15, 0.2) is 11.5 Å². The molecule has 0 aromatic heterocycles. The molecular weight excluding hydrogens is 450 g/mol. The van der Waals surface area contributed by atoms with Gasteiger partial charge in [-0.05, 0) is 18.2 Å². The van der Waals surface area contributed by atoms with Crippen LogP contribution in [0.1, 0.15) is 5.56 Å². The molecule has 31 heavy (non-hydrogen) atoms. The van der Waals surface area contributed by atoms with Crippen molar-refractivity contribution in [3.8, 4) is 28.7 Å². The highest BCUT2D eigenvalue weighted by Gasteiger charge is 2.15. The number of anilines is 1. The summed E-state index contributed by atoms with van der Waals surface area (Å²) in [5.41, 5.74) is 0.555. The zero-order valence-electron chi connectivity index (χ0n) is 17.3. The Morgan fingerprint density at radius 1 is 0.935 bits per heavy atom. The first-order valence-electron chi connectivity index (χ1n) is 8.72. The minimum Gasteiger partial charge on any atom is -0.496 e. The molecule has 168 valence electrons. The number of hydrogen-bond donors (Lipinski definition) is 1. The molecule has 2 aromatic carbocycles. The van der Waals surface area contributed by atoms with E-state index in [1.165, 1.54) is 52.7 Å². The van der Waals surface area contributed by atoms with E-state index in [2.05, 4.69) is 4.72 Å². The van der Waals surface area contributed by atoms with Gasteiger partial charge in [0, 0.05) is 18.2 Å². The van der Waals surface area contributed by atoms with Crippen molar-refractivity contribution in [2.75, 3.05) is 39.0 Å². The van der Waals surface area contributed by atoms with Crippen LogP contribution in [0.25, 0.3) is 6.08 Å². The van der Waals surface area contributed by atoms with Crippen LogP contribution < -0.4 is 28.4 Å². The SMILES string of the molecule is COc1cc(OC)c(/C=C/S(=O)(=O)Nc2ccc(OC)c(OC(=O)CCl)c2)c(OC)c1. The van der Waals surface area contributed by atoms with Crippen molar-refractivity contribution in [2.24, 2.45) is 0 Å². The van der Waals surface area contributed by atoms with E-state index >= 15 is 0 Å². The molecule has 0 saturated carbocycles.